The number of nitrogens with one attached hydrogen (secondary N) is 1. The highest BCUT2D eigenvalue weighted by Gasteiger charge is 2.25. The van der Waals surface area contributed by atoms with Gasteiger partial charge in [-0.15, -0.1) is 0 Å². The Bertz CT molecular complexity index is 958. The van der Waals surface area contributed by atoms with E-state index in [9.17, 15) is 17.2 Å². The van der Waals surface area contributed by atoms with Crippen LogP contribution in [0, 0.1) is 25.5 Å². The summed E-state index contributed by atoms with van der Waals surface area (Å²) >= 11 is 1.24. The number of halogens is 2. The van der Waals surface area contributed by atoms with Crippen molar-refractivity contribution in [2.75, 3.05) is 4.72 Å². The highest BCUT2D eigenvalue weighted by Crippen LogP contribution is 2.24. The van der Waals surface area contributed by atoms with E-state index in [0.29, 0.717) is 16.0 Å². The Balaban J connectivity index is 2.10. The number of aromatic nitrogens is 3. The highest BCUT2D eigenvalue weighted by molar-refractivity contribution is 7.92. The molecule has 0 bridgehead atoms. The first-order valence-electron chi connectivity index (χ1n) is 6.08. The van der Waals surface area contributed by atoms with Gasteiger partial charge in [0.2, 0.25) is 9.99 Å². The molecule has 0 saturated carbocycles. The van der Waals surface area contributed by atoms with Gasteiger partial charge in [-0.3, -0.25) is 4.72 Å². The van der Waals surface area contributed by atoms with E-state index in [1.165, 1.54) is 22.8 Å². The topological polar surface area (TPSA) is 76.4 Å². The van der Waals surface area contributed by atoms with Gasteiger partial charge in [0.1, 0.15) is 16.6 Å². The third-order valence-corrected chi connectivity index (χ3v) is 5.10. The van der Waals surface area contributed by atoms with Crippen LogP contribution in [-0.2, 0) is 10.0 Å². The summed E-state index contributed by atoms with van der Waals surface area (Å²) in [6.45, 7) is 3.25. The van der Waals surface area contributed by atoms with Crippen LogP contribution in [0.25, 0.3) is 4.96 Å². The largest absolute Gasteiger partial charge is 0.281 e. The van der Waals surface area contributed by atoms with Crippen LogP contribution in [0.3, 0.4) is 0 Å². The summed E-state index contributed by atoms with van der Waals surface area (Å²) in [4.78, 5) is 4.56. The Morgan fingerprint density at radius 3 is 2.45 bits per heavy atom. The zero-order valence-corrected chi connectivity index (χ0v) is 13.1. The van der Waals surface area contributed by atoms with E-state index >= 15 is 0 Å². The summed E-state index contributed by atoms with van der Waals surface area (Å²) in [5, 5.41) is 4.58. The summed E-state index contributed by atoms with van der Waals surface area (Å²) in [7, 11) is -4.09. The average Bonchev–Trinajstić information content (AvgIpc) is 2.80. The van der Waals surface area contributed by atoms with Gasteiger partial charge in [-0.1, -0.05) is 11.3 Å². The molecule has 3 rings (SSSR count). The molecule has 2 aromatic heterocycles. The normalized spacial score (nSPS) is 12.0. The molecule has 10 heteroatoms. The third-order valence-electron chi connectivity index (χ3n) is 2.80. The molecule has 0 amide bonds. The van der Waals surface area contributed by atoms with Gasteiger partial charge >= 0.3 is 0 Å². The van der Waals surface area contributed by atoms with Gasteiger partial charge in [-0.2, -0.15) is 18.0 Å². The lowest BCUT2D eigenvalue weighted by molar-refractivity contribution is 0.583. The van der Waals surface area contributed by atoms with Gasteiger partial charge in [-0.25, -0.2) is 13.8 Å². The Hall–Kier alpha value is -2.07. The second-order valence-corrected chi connectivity index (χ2v) is 7.34. The summed E-state index contributed by atoms with van der Waals surface area (Å²) in [6.07, 6.45) is 0. The smallest absolute Gasteiger partial charge is 0.278 e. The molecule has 116 valence electrons. The van der Waals surface area contributed by atoms with Crippen LogP contribution >= 0.6 is 11.3 Å². The standard InChI is InChI=1S/C12H10F2N4O2S2/c1-6-11(18-12(15-6)21-7(2)16-18)22(19,20)17-10-4-8(13)3-9(14)5-10/h3-5,17H,1-2H3. The first kappa shape index (κ1) is 14.9. The van der Waals surface area contributed by atoms with Gasteiger partial charge in [0.05, 0.1) is 11.4 Å². The minimum atomic E-state index is -4.09. The van der Waals surface area contributed by atoms with Crippen molar-refractivity contribution in [2.45, 2.75) is 18.9 Å². The molecule has 2 heterocycles. The monoisotopic (exact) mass is 344 g/mol. The Labute approximate surface area is 128 Å². The fraction of sp³-hybridized carbons (Fsp3) is 0.167. The van der Waals surface area contributed by atoms with E-state index in [-0.39, 0.29) is 16.4 Å². The van der Waals surface area contributed by atoms with Gasteiger partial charge in [0, 0.05) is 6.07 Å². The number of aryl methyl sites for hydroxylation is 2. The van der Waals surface area contributed by atoms with Gasteiger partial charge in [-0.05, 0) is 26.0 Å². The molecule has 0 aliphatic carbocycles. The number of anilines is 1. The first-order valence-corrected chi connectivity index (χ1v) is 8.38. The SMILES string of the molecule is Cc1nn2c(S(=O)(=O)Nc3cc(F)cc(F)c3)c(C)nc2s1. The number of imidazole rings is 1. The molecular weight excluding hydrogens is 334 g/mol. The van der Waals surface area contributed by atoms with E-state index < -0.39 is 21.7 Å². The maximum atomic E-state index is 13.2. The lowest BCUT2D eigenvalue weighted by atomic mass is 10.3. The van der Waals surface area contributed by atoms with Crippen LogP contribution in [0.1, 0.15) is 10.7 Å². The predicted molar refractivity (Wildman–Crippen MR) is 77.5 cm³/mol. The van der Waals surface area contributed by atoms with Crippen molar-refractivity contribution >= 4 is 32.0 Å². The number of fused-ring (bicyclic) bond motifs is 1. The maximum absolute atomic E-state index is 13.2. The summed E-state index contributed by atoms with van der Waals surface area (Å²) < 4.78 is 54.7. The summed E-state index contributed by atoms with van der Waals surface area (Å²) in [5.74, 6) is -1.75. The molecule has 0 aliphatic rings. The zero-order chi connectivity index (χ0) is 16.1. The molecule has 1 N–H and O–H groups in total. The van der Waals surface area contributed by atoms with Crippen LogP contribution < -0.4 is 4.72 Å². The molecule has 22 heavy (non-hydrogen) atoms. The van der Waals surface area contributed by atoms with Crippen molar-refractivity contribution in [2.24, 2.45) is 0 Å². The molecular formula is C12H10F2N4O2S2. The second kappa shape index (κ2) is 4.99. The van der Waals surface area contributed by atoms with E-state index in [1.807, 2.05) is 0 Å². The first-order chi connectivity index (χ1) is 10.3. The minimum Gasteiger partial charge on any atom is -0.278 e. The molecule has 0 unspecified atom stereocenters. The number of hydrogen-bond acceptors (Lipinski definition) is 5. The minimum absolute atomic E-state index is 0.156. The van der Waals surface area contributed by atoms with E-state index in [4.69, 9.17) is 0 Å². The van der Waals surface area contributed by atoms with Crippen LogP contribution in [0.4, 0.5) is 14.5 Å². The lowest BCUT2D eigenvalue weighted by Gasteiger charge is -2.08. The van der Waals surface area contributed by atoms with Crippen molar-refractivity contribution in [1.29, 1.82) is 0 Å². The number of hydrogen-bond donors (Lipinski definition) is 1. The predicted octanol–water partition coefficient (Wildman–Crippen LogP) is 2.49. The van der Waals surface area contributed by atoms with Crippen LogP contribution in [0.2, 0.25) is 0 Å². The Morgan fingerprint density at radius 1 is 1.18 bits per heavy atom. The maximum Gasteiger partial charge on any atom is 0.281 e. The lowest BCUT2D eigenvalue weighted by Crippen LogP contribution is -2.17. The molecule has 0 fully saturated rings. The quantitative estimate of drug-likeness (QED) is 0.792. The molecule has 0 atom stereocenters. The van der Waals surface area contributed by atoms with E-state index in [1.54, 1.807) is 6.92 Å². The van der Waals surface area contributed by atoms with Crippen molar-refractivity contribution in [3.05, 3.63) is 40.5 Å². The Morgan fingerprint density at radius 2 is 1.82 bits per heavy atom. The summed E-state index contributed by atoms with van der Waals surface area (Å²) in [5.41, 5.74) is 0.0435. The fourth-order valence-corrected chi connectivity index (χ4v) is 4.21. The molecule has 6 nitrogen and oxygen atoms in total. The van der Waals surface area contributed by atoms with Gasteiger partial charge in [0.15, 0.2) is 0 Å². The van der Waals surface area contributed by atoms with Crippen LogP contribution in [0.15, 0.2) is 23.2 Å². The fourth-order valence-electron chi connectivity index (χ4n) is 2.05. The molecule has 0 aliphatic heterocycles. The molecule has 0 radical (unpaired) electrons. The van der Waals surface area contributed by atoms with E-state index in [0.717, 1.165) is 12.1 Å². The molecule has 0 spiro atoms. The number of benzene rings is 1. The molecule has 1 aromatic carbocycles. The summed E-state index contributed by atoms with van der Waals surface area (Å²) in [6, 6.07) is 2.44. The van der Waals surface area contributed by atoms with Crippen molar-refractivity contribution in [1.82, 2.24) is 14.6 Å². The number of sulfonamides is 1. The number of rotatable bonds is 3. The highest BCUT2D eigenvalue weighted by atomic mass is 32.2. The molecule has 3 aromatic rings. The Kier molecular flexibility index (Phi) is 3.37. The van der Waals surface area contributed by atoms with E-state index in [2.05, 4.69) is 14.8 Å². The van der Waals surface area contributed by atoms with Crippen molar-refractivity contribution < 1.29 is 17.2 Å². The average molecular weight is 344 g/mol. The zero-order valence-electron chi connectivity index (χ0n) is 11.5. The third kappa shape index (κ3) is 2.55. The second-order valence-electron chi connectivity index (χ2n) is 4.58. The molecule has 0 saturated heterocycles. The van der Waals surface area contributed by atoms with Crippen LogP contribution in [0.5, 0.6) is 0 Å². The number of nitrogens with zero attached hydrogens (tertiary/aromatic N) is 3. The van der Waals surface area contributed by atoms with Gasteiger partial charge in [0.25, 0.3) is 10.0 Å². The van der Waals surface area contributed by atoms with Gasteiger partial charge < -0.3 is 0 Å². The van der Waals surface area contributed by atoms with Crippen LogP contribution in [-0.4, -0.2) is 23.0 Å². The van der Waals surface area contributed by atoms with Crippen molar-refractivity contribution in [3.8, 4) is 0 Å². The van der Waals surface area contributed by atoms with Crippen molar-refractivity contribution in [3.63, 3.8) is 0 Å².